The number of fused-ring (bicyclic) bond motifs is 1. The van der Waals surface area contributed by atoms with Gasteiger partial charge in [-0.3, -0.25) is 18.8 Å². The summed E-state index contributed by atoms with van der Waals surface area (Å²) in [5.41, 5.74) is 1.49. The molecule has 3 aromatic rings. The molecule has 0 unspecified atom stereocenters. The van der Waals surface area contributed by atoms with Gasteiger partial charge in [-0.1, -0.05) is 19.1 Å². The van der Waals surface area contributed by atoms with E-state index in [0.717, 1.165) is 12.1 Å². The summed E-state index contributed by atoms with van der Waals surface area (Å²) in [5, 5.41) is 7.70. The molecule has 25 heavy (non-hydrogen) atoms. The molecule has 0 saturated heterocycles. The minimum absolute atomic E-state index is 0.0912. The smallest absolute Gasteiger partial charge is 0.261 e. The van der Waals surface area contributed by atoms with Gasteiger partial charge >= 0.3 is 0 Å². The molecule has 3 rings (SSSR count). The van der Waals surface area contributed by atoms with Gasteiger partial charge in [0.05, 0.1) is 29.0 Å². The number of amides is 1. The Balaban J connectivity index is 1.67. The van der Waals surface area contributed by atoms with Crippen LogP contribution in [0.3, 0.4) is 0 Å². The molecule has 0 aliphatic rings. The van der Waals surface area contributed by atoms with Crippen molar-refractivity contribution in [3.63, 3.8) is 0 Å². The maximum Gasteiger partial charge on any atom is 0.261 e. The summed E-state index contributed by atoms with van der Waals surface area (Å²) in [4.78, 5) is 29.0. The molecule has 7 heteroatoms. The van der Waals surface area contributed by atoms with Gasteiger partial charge in [0.15, 0.2) is 0 Å². The average molecular weight is 339 g/mol. The average Bonchev–Trinajstić information content (AvgIpc) is 3.05. The van der Waals surface area contributed by atoms with Crippen molar-refractivity contribution in [1.82, 2.24) is 24.6 Å². The number of hydrogen-bond donors (Lipinski definition) is 1. The standard InChI is InChI=1S/C18H21N5O2/c1-3-14(16-8-10-20-22(16)2)21-17(24)9-11-23-12-19-15-7-5-4-6-13(15)18(23)25/h4-8,10,12,14H,3,9,11H2,1-2H3,(H,21,24)/t14-/m0/s1. The van der Waals surface area contributed by atoms with Crippen LogP contribution in [-0.2, 0) is 18.4 Å². The van der Waals surface area contributed by atoms with Crippen LogP contribution in [0, 0.1) is 0 Å². The second-order valence-corrected chi connectivity index (χ2v) is 5.92. The molecule has 130 valence electrons. The van der Waals surface area contributed by atoms with E-state index in [1.807, 2.05) is 32.2 Å². The zero-order valence-corrected chi connectivity index (χ0v) is 14.3. The third-order valence-electron chi connectivity index (χ3n) is 4.27. The monoisotopic (exact) mass is 339 g/mol. The molecule has 0 fully saturated rings. The van der Waals surface area contributed by atoms with E-state index < -0.39 is 0 Å². The first-order valence-corrected chi connectivity index (χ1v) is 8.31. The number of carbonyl (C=O) groups is 1. The van der Waals surface area contributed by atoms with Gasteiger partial charge in [-0.2, -0.15) is 5.10 Å². The number of aryl methyl sites for hydroxylation is 2. The zero-order valence-electron chi connectivity index (χ0n) is 14.3. The van der Waals surface area contributed by atoms with E-state index in [4.69, 9.17) is 0 Å². The molecule has 1 atom stereocenters. The molecule has 0 bridgehead atoms. The Labute approximate surface area is 145 Å². The first-order valence-electron chi connectivity index (χ1n) is 8.31. The summed E-state index contributed by atoms with van der Waals surface area (Å²) in [6.45, 7) is 2.31. The molecule has 1 aromatic carbocycles. The number of para-hydroxylation sites is 1. The van der Waals surface area contributed by atoms with E-state index >= 15 is 0 Å². The highest BCUT2D eigenvalue weighted by Crippen LogP contribution is 2.15. The molecule has 0 aliphatic carbocycles. The van der Waals surface area contributed by atoms with Crippen molar-refractivity contribution in [3.05, 3.63) is 58.9 Å². The highest BCUT2D eigenvalue weighted by Gasteiger charge is 2.16. The van der Waals surface area contributed by atoms with Crippen LogP contribution in [0.4, 0.5) is 0 Å². The molecule has 0 spiro atoms. The van der Waals surface area contributed by atoms with E-state index in [1.165, 1.54) is 10.9 Å². The fourth-order valence-electron chi connectivity index (χ4n) is 2.86. The predicted molar refractivity (Wildman–Crippen MR) is 95.0 cm³/mol. The summed E-state index contributed by atoms with van der Waals surface area (Å²) >= 11 is 0. The lowest BCUT2D eigenvalue weighted by molar-refractivity contribution is -0.122. The van der Waals surface area contributed by atoms with Crippen molar-refractivity contribution in [2.45, 2.75) is 32.4 Å². The Kier molecular flexibility index (Phi) is 4.92. The highest BCUT2D eigenvalue weighted by molar-refractivity contribution is 5.77. The molecule has 1 N–H and O–H groups in total. The molecule has 0 aliphatic heterocycles. The largest absolute Gasteiger partial charge is 0.348 e. The Morgan fingerprint density at radius 3 is 2.80 bits per heavy atom. The van der Waals surface area contributed by atoms with Crippen LogP contribution in [0.5, 0.6) is 0 Å². The fourth-order valence-corrected chi connectivity index (χ4v) is 2.86. The van der Waals surface area contributed by atoms with Gasteiger partial charge in [0.1, 0.15) is 0 Å². The summed E-state index contributed by atoms with van der Waals surface area (Å²) in [6, 6.07) is 9.00. The number of nitrogens with one attached hydrogen (secondary N) is 1. The second kappa shape index (κ2) is 7.29. The van der Waals surface area contributed by atoms with Gasteiger partial charge < -0.3 is 5.32 Å². The van der Waals surface area contributed by atoms with Crippen LogP contribution in [0.25, 0.3) is 10.9 Å². The lowest BCUT2D eigenvalue weighted by atomic mass is 10.1. The highest BCUT2D eigenvalue weighted by atomic mass is 16.2. The van der Waals surface area contributed by atoms with Crippen LogP contribution in [0.1, 0.15) is 31.5 Å². The first kappa shape index (κ1) is 16.9. The predicted octanol–water partition coefficient (Wildman–Crippen LogP) is 1.79. The first-order chi connectivity index (χ1) is 12.1. The molecule has 0 saturated carbocycles. The second-order valence-electron chi connectivity index (χ2n) is 5.92. The van der Waals surface area contributed by atoms with Gasteiger partial charge in [0, 0.05) is 26.2 Å². The van der Waals surface area contributed by atoms with Crippen molar-refractivity contribution in [1.29, 1.82) is 0 Å². The van der Waals surface area contributed by atoms with Crippen molar-refractivity contribution < 1.29 is 4.79 Å². The Hall–Kier alpha value is -2.96. The van der Waals surface area contributed by atoms with Gasteiger partial charge in [0.2, 0.25) is 5.91 Å². The third kappa shape index (κ3) is 3.60. The van der Waals surface area contributed by atoms with Crippen LogP contribution >= 0.6 is 0 Å². The normalized spacial score (nSPS) is 12.2. The number of carbonyl (C=O) groups excluding carboxylic acids is 1. The lowest BCUT2D eigenvalue weighted by Crippen LogP contribution is -2.31. The maximum atomic E-state index is 12.4. The summed E-state index contributed by atoms with van der Waals surface area (Å²) < 4.78 is 3.24. The minimum Gasteiger partial charge on any atom is -0.348 e. The third-order valence-corrected chi connectivity index (χ3v) is 4.27. The van der Waals surface area contributed by atoms with Crippen LogP contribution < -0.4 is 10.9 Å². The van der Waals surface area contributed by atoms with Crippen LogP contribution in [0.15, 0.2) is 47.7 Å². The van der Waals surface area contributed by atoms with Crippen LogP contribution in [0.2, 0.25) is 0 Å². The fraction of sp³-hybridized carbons (Fsp3) is 0.333. The lowest BCUT2D eigenvalue weighted by Gasteiger charge is -2.17. The number of hydrogen-bond acceptors (Lipinski definition) is 4. The molecular formula is C18H21N5O2. The summed E-state index contributed by atoms with van der Waals surface area (Å²) in [7, 11) is 1.85. The van der Waals surface area contributed by atoms with E-state index in [1.54, 1.807) is 23.0 Å². The quantitative estimate of drug-likeness (QED) is 0.742. The molecule has 2 aromatic heterocycles. The van der Waals surface area contributed by atoms with Crippen molar-refractivity contribution in [3.8, 4) is 0 Å². The summed E-state index contributed by atoms with van der Waals surface area (Å²) in [5.74, 6) is -0.104. The molecule has 0 radical (unpaired) electrons. The van der Waals surface area contributed by atoms with E-state index in [-0.39, 0.29) is 23.9 Å². The van der Waals surface area contributed by atoms with Crippen molar-refractivity contribution >= 4 is 16.8 Å². The zero-order chi connectivity index (χ0) is 17.8. The van der Waals surface area contributed by atoms with Gasteiger partial charge in [0.25, 0.3) is 5.56 Å². The van der Waals surface area contributed by atoms with Gasteiger partial charge in [-0.15, -0.1) is 0 Å². The molecule has 1 amide bonds. The van der Waals surface area contributed by atoms with Gasteiger partial charge in [-0.05, 0) is 24.6 Å². The minimum atomic E-state index is -0.128. The molecular weight excluding hydrogens is 318 g/mol. The number of rotatable bonds is 6. The number of nitrogens with zero attached hydrogens (tertiary/aromatic N) is 4. The Morgan fingerprint density at radius 1 is 1.28 bits per heavy atom. The Bertz CT molecular complexity index is 944. The topological polar surface area (TPSA) is 81.8 Å². The number of benzene rings is 1. The van der Waals surface area contributed by atoms with E-state index in [0.29, 0.717) is 17.4 Å². The number of aromatic nitrogens is 4. The summed E-state index contributed by atoms with van der Waals surface area (Å²) in [6.07, 6.45) is 4.19. The van der Waals surface area contributed by atoms with Crippen molar-refractivity contribution in [2.75, 3.05) is 0 Å². The molecule has 2 heterocycles. The molecule has 7 nitrogen and oxygen atoms in total. The SMILES string of the molecule is CC[C@H](NC(=O)CCn1cnc2ccccc2c1=O)c1ccnn1C. The maximum absolute atomic E-state index is 12.4. The van der Waals surface area contributed by atoms with Crippen molar-refractivity contribution in [2.24, 2.45) is 7.05 Å². The Morgan fingerprint density at radius 2 is 2.08 bits per heavy atom. The van der Waals surface area contributed by atoms with Crippen LogP contribution in [-0.4, -0.2) is 25.2 Å². The van der Waals surface area contributed by atoms with E-state index in [2.05, 4.69) is 15.4 Å². The van der Waals surface area contributed by atoms with E-state index in [9.17, 15) is 9.59 Å². The van der Waals surface area contributed by atoms with Gasteiger partial charge in [-0.25, -0.2) is 4.98 Å².